The molecule has 1 fully saturated rings. The molecule has 1 saturated heterocycles. The minimum absolute atomic E-state index is 0.715. The zero-order valence-corrected chi connectivity index (χ0v) is 12.6. The van der Waals surface area contributed by atoms with Gasteiger partial charge in [-0.2, -0.15) is 0 Å². The summed E-state index contributed by atoms with van der Waals surface area (Å²) in [7, 11) is 0. The molecule has 3 nitrogen and oxygen atoms in total. The van der Waals surface area contributed by atoms with E-state index in [1.165, 1.54) is 0 Å². The Morgan fingerprint density at radius 1 is 1.33 bits per heavy atom. The van der Waals surface area contributed by atoms with Crippen molar-refractivity contribution in [2.75, 3.05) is 39.5 Å². The van der Waals surface area contributed by atoms with Gasteiger partial charge in [-0.3, -0.25) is 0 Å². The fourth-order valence-corrected chi connectivity index (χ4v) is 2.80. The molecule has 0 unspecified atom stereocenters. The van der Waals surface area contributed by atoms with Gasteiger partial charge in [-0.1, -0.05) is 11.6 Å². The molecule has 1 aromatic carbocycles. The van der Waals surface area contributed by atoms with Crippen LogP contribution in [0.2, 0.25) is 5.02 Å². The van der Waals surface area contributed by atoms with Crippen LogP contribution >= 0.6 is 27.5 Å². The minimum atomic E-state index is 0.715. The minimum Gasteiger partial charge on any atom is -0.492 e. The van der Waals surface area contributed by atoms with Gasteiger partial charge in [-0.25, -0.2) is 0 Å². The van der Waals surface area contributed by atoms with Gasteiger partial charge in [-0.15, -0.1) is 0 Å². The maximum absolute atomic E-state index is 5.88. The SMILES string of the molecule is Clc1ccc(OCCC[NH+]2CCOCC2)c(Br)c1. The van der Waals surface area contributed by atoms with Crippen LogP contribution in [0.25, 0.3) is 0 Å². The lowest BCUT2D eigenvalue weighted by Gasteiger charge is -2.23. The monoisotopic (exact) mass is 334 g/mol. The number of nitrogens with one attached hydrogen (secondary N) is 1. The summed E-state index contributed by atoms with van der Waals surface area (Å²) in [4.78, 5) is 1.61. The Kier molecular flexibility index (Phi) is 5.76. The number of hydrogen-bond acceptors (Lipinski definition) is 2. The van der Waals surface area contributed by atoms with E-state index in [1.807, 2.05) is 18.2 Å². The first kappa shape index (κ1) is 14.1. The molecule has 0 bridgehead atoms. The van der Waals surface area contributed by atoms with Crippen molar-refractivity contribution in [1.29, 1.82) is 0 Å². The Morgan fingerprint density at radius 2 is 2.11 bits per heavy atom. The normalized spacial score (nSPS) is 16.8. The van der Waals surface area contributed by atoms with E-state index < -0.39 is 0 Å². The topological polar surface area (TPSA) is 22.9 Å². The van der Waals surface area contributed by atoms with E-state index in [-0.39, 0.29) is 0 Å². The molecule has 0 aromatic heterocycles. The molecule has 0 atom stereocenters. The summed E-state index contributed by atoms with van der Waals surface area (Å²) >= 11 is 9.32. The number of rotatable bonds is 5. The van der Waals surface area contributed by atoms with Gasteiger partial charge in [0, 0.05) is 11.4 Å². The second-order valence-electron chi connectivity index (χ2n) is 4.39. The van der Waals surface area contributed by atoms with Gasteiger partial charge in [0.1, 0.15) is 18.8 Å². The summed E-state index contributed by atoms with van der Waals surface area (Å²) in [6, 6.07) is 5.59. The van der Waals surface area contributed by atoms with E-state index in [2.05, 4.69) is 15.9 Å². The highest BCUT2D eigenvalue weighted by atomic mass is 79.9. The maximum Gasteiger partial charge on any atom is 0.133 e. The Labute approximate surface area is 121 Å². The Bertz CT molecular complexity index is 383. The standard InChI is InChI=1S/C13H17BrClNO2/c14-12-10-11(15)2-3-13(12)18-7-1-4-16-5-8-17-9-6-16/h2-3,10H,1,4-9H2/p+1. The largest absolute Gasteiger partial charge is 0.492 e. The molecule has 1 aliphatic heterocycles. The van der Waals surface area contributed by atoms with Crippen molar-refractivity contribution in [2.24, 2.45) is 0 Å². The highest BCUT2D eigenvalue weighted by Gasteiger charge is 2.12. The number of halogens is 2. The first-order chi connectivity index (χ1) is 8.75. The molecule has 100 valence electrons. The van der Waals surface area contributed by atoms with Crippen molar-refractivity contribution in [2.45, 2.75) is 6.42 Å². The van der Waals surface area contributed by atoms with Crippen molar-refractivity contribution < 1.29 is 14.4 Å². The molecule has 2 rings (SSSR count). The quantitative estimate of drug-likeness (QED) is 0.829. The average molecular weight is 336 g/mol. The van der Waals surface area contributed by atoms with Gasteiger partial charge in [0.25, 0.3) is 0 Å². The van der Waals surface area contributed by atoms with Gasteiger partial charge in [0.15, 0.2) is 0 Å². The van der Waals surface area contributed by atoms with Crippen LogP contribution in [-0.4, -0.2) is 39.5 Å². The van der Waals surface area contributed by atoms with Gasteiger partial charge >= 0.3 is 0 Å². The van der Waals surface area contributed by atoms with E-state index in [1.54, 1.807) is 4.90 Å². The molecule has 1 heterocycles. The summed E-state index contributed by atoms with van der Waals surface area (Å²) in [5.41, 5.74) is 0. The van der Waals surface area contributed by atoms with Crippen molar-refractivity contribution >= 4 is 27.5 Å². The predicted octanol–water partition coefficient (Wildman–Crippen LogP) is 1.79. The van der Waals surface area contributed by atoms with Crippen LogP contribution in [0.4, 0.5) is 0 Å². The molecule has 0 saturated carbocycles. The third-order valence-corrected chi connectivity index (χ3v) is 3.88. The van der Waals surface area contributed by atoms with Crippen LogP contribution in [0.1, 0.15) is 6.42 Å². The van der Waals surface area contributed by atoms with Crippen molar-refractivity contribution in [3.05, 3.63) is 27.7 Å². The van der Waals surface area contributed by atoms with Crippen LogP contribution < -0.4 is 9.64 Å². The number of quaternary nitrogens is 1. The highest BCUT2D eigenvalue weighted by Crippen LogP contribution is 2.27. The highest BCUT2D eigenvalue weighted by molar-refractivity contribution is 9.10. The maximum atomic E-state index is 5.88. The summed E-state index contributed by atoms with van der Waals surface area (Å²) in [6.07, 6.45) is 1.06. The molecule has 5 heteroatoms. The summed E-state index contributed by atoms with van der Waals surface area (Å²) < 4.78 is 12.0. The third kappa shape index (κ3) is 4.43. The van der Waals surface area contributed by atoms with Crippen LogP contribution in [0.5, 0.6) is 5.75 Å². The van der Waals surface area contributed by atoms with E-state index in [0.717, 1.165) is 56.1 Å². The zero-order chi connectivity index (χ0) is 12.8. The smallest absolute Gasteiger partial charge is 0.133 e. The number of hydrogen-bond donors (Lipinski definition) is 1. The lowest BCUT2D eigenvalue weighted by atomic mass is 10.3. The molecular weight excluding hydrogens is 318 g/mol. The number of morpholine rings is 1. The van der Waals surface area contributed by atoms with Crippen LogP contribution in [0, 0.1) is 0 Å². The van der Waals surface area contributed by atoms with Gasteiger partial charge in [0.2, 0.25) is 0 Å². The molecule has 1 aliphatic rings. The Hall–Kier alpha value is -0.290. The van der Waals surface area contributed by atoms with E-state index in [4.69, 9.17) is 21.1 Å². The first-order valence-corrected chi connectivity index (χ1v) is 7.42. The van der Waals surface area contributed by atoms with E-state index in [9.17, 15) is 0 Å². The molecule has 1 aromatic rings. The van der Waals surface area contributed by atoms with Gasteiger partial charge < -0.3 is 14.4 Å². The Balaban J connectivity index is 1.68. The second kappa shape index (κ2) is 7.34. The summed E-state index contributed by atoms with van der Waals surface area (Å²) in [5, 5.41) is 0.715. The molecule has 0 radical (unpaired) electrons. The molecule has 0 amide bonds. The third-order valence-electron chi connectivity index (χ3n) is 3.03. The van der Waals surface area contributed by atoms with Crippen molar-refractivity contribution in [3.63, 3.8) is 0 Å². The molecule has 1 N–H and O–H groups in total. The first-order valence-electron chi connectivity index (χ1n) is 6.25. The molecule has 18 heavy (non-hydrogen) atoms. The fourth-order valence-electron chi connectivity index (χ4n) is 2.01. The number of benzene rings is 1. The van der Waals surface area contributed by atoms with Crippen molar-refractivity contribution in [1.82, 2.24) is 0 Å². The van der Waals surface area contributed by atoms with Gasteiger partial charge in [-0.05, 0) is 34.1 Å². The van der Waals surface area contributed by atoms with Crippen LogP contribution in [-0.2, 0) is 4.74 Å². The van der Waals surface area contributed by atoms with Crippen molar-refractivity contribution in [3.8, 4) is 5.75 Å². The second-order valence-corrected chi connectivity index (χ2v) is 5.68. The van der Waals surface area contributed by atoms with E-state index >= 15 is 0 Å². The van der Waals surface area contributed by atoms with Crippen LogP contribution in [0.3, 0.4) is 0 Å². The summed E-state index contributed by atoms with van der Waals surface area (Å²) in [5.74, 6) is 0.858. The predicted molar refractivity (Wildman–Crippen MR) is 75.6 cm³/mol. The lowest BCUT2D eigenvalue weighted by molar-refractivity contribution is -0.908. The zero-order valence-electron chi connectivity index (χ0n) is 10.3. The van der Waals surface area contributed by atoms with E-state index in [0.29, 0.717) is 5.02 Å². The molecule has 0 aliphatic carbocycles. The number of ether oxygens (including phenoxy) is 2. The van der Waals surface area contributed by atoms with Gasteiger partial charge in [0.05, 0.1) is 30.8 Å². The lowest BCUT2D eigenvalue weighted by Crippen LogP contribution is -3.14. The fraction of sp³-hybridized carbons (Fsp3) is 0.538. The average Bonchev–Trinajstić information content (AvgIpc) is 2.38. The summed E-state index contributed by atoms with van der Waals surface area (Å²) in [6.45, 7) is 5.90. The van der Waals surface area contributed by atoms with Crippen LogP contribution in [0.15, 0.2) is 22.7 Å². The Morgan fingerprint density at radius 3 is 2.83 bits per heavy atom. The molecular formula is C13H18BrClNO2+. The molecule has 0 spiro atoms.